The van der Waals surface area contributed by atoms with Crippen molar-refractivity contribution < 1.29 is 35.2 Å². The molecule has 5 aromatic rings. The highest BCUT2D eigenvalue weighted by Gasteiger charge is 2.13. The smallest absolute Gasteiger partial charge is 0.249 e. The van der Waals surface area contributed by atoms with E-state index >= 15 is 0 Å². The number of halogens is 2. The molecule has 3 aromatic carbocycles. The first kappa shape index (κ1) is 20.8. The van der Waals surface area contributed by atoms with Crippen molar-refractivity contribution in [2.45, 2.75) is 6.54 Å². The second-order valence-corrected chi connectivity index (χ2v) is 7.12. The van der Waals surface area contributed by atoms with Crippen LogP contribution in [0.2, 0.25) is 0 Å². The third-order valence-corrected chi connectivity index (χ3v) is 5.06. The van der Waals surface area contributed by atoms with E-state index in [1.807, 2.05) is 77.9 Å². The van der Waals surface area contributed by atoms with Crippen LogP contribution in [0.5, 0.6) is 0 Å². The number of para-hydroxylation sites is 1. The van der Waals surface area contributed by atoms with Gasteiger partial charge in [0.05, 0.1) is 0 Å². The van der Waals surface area contributed by atoms with Crippen molar-refractivity contribution in [3.8, 4) is 17.0 Å². The molecule has 0 N–H and O–H groups in total. The summed E-state index contributed by atoms with van der Waals surface area (Å²) in [5.41, 5.74) is 3.34. The Morgan fingerprint density at radius 3 is 2.45 bits per heavy atom. The highest BCUT2D eigenvalue weighted by atomic mass is 79.9. The molecule has 0 aliphatic carbocycles. The van der Waals surface area contributed by atoms with Gasteiger partial charge in [0.2, 0.25) is 12.1 Å². The second kappa shape index (κ2) is 8.70. The molecule has 6 heteroatoms. The van der Waals surface area contributed by atoms with E-state index in [0.29, 0.717) is 5.56 Å². The number of benzene rings is 3. The molecule has 4 nitrogen and oxygen atoms in total. The van der Waals surface area contributed by atoms with Crippen LogP contribution in [-0.4, -0.2) is 10.4 Å². The summed E-state index contributed by atoms with van der Waals surface area (Å²) >= 11 is 0. The third kappa shape index (κ3) is 4.34. The third-order valence-electron chi connectivity index (χ3n) is 5.06. The first-order valence-corrected chi connectivity index (χ1v) is 9.61. The maximum Gasteiger partial charge on any atom is 0.249 e. The summed E-state index contributed by atoms with van der Waals surface area (Å²) in [5, 5.41) is 1.08. The van der Waals surface area contributed by atoms with Crippen molar-refractivity contribution in [3.05, 3.63) is 109 Å². The number of carbonyl (C=O) groups is 1. The lowest BCUT2D eigenvalue weighted by atomic mass is 10.1. The van der Waals surface area contributed by atoms with Gasteiger partial charge in [-0.3, -0.25) is 4.79 Å². The molecule has 0 bridgehead atoms. The highest BCUT2D eigenvalue weighted by molar-refractivity contribution is 5.95. The molecule has 0 amide bonds. The molecule has 154 valence electrons. The van der Waals surface area contributed by atoms with Gasteiger partial charge < -0.3 is 21.4 Å². The minimum atomic E-state index is -0.351. The van der Waals surface area contributed by atoms with Crippen molar-refractivity contribution in [1.82, 2.24) is 4.57 Å². The summed E-state index contributed by atoms with van der Waals surface area (Å²) in [6, 6.07) is 23.6. The molecule has 0 radical (unpaired) electrons. The minimum Gasteiger partial charge on any atom is -1.00 e. The number of fused-ring (bicyclic) bond motifs is 1. The van der Waals surface area contributed by atoms with Crippen LogP contribution in [0.1, 0.15) is 10.4 Å². The van der Waals surface area contributed by atoms with Gasteiger partial charge in [0.25, 0.3) is 0 Å². The Morgan fingerprint density at radius 2 is 1.71 bits per heavy atom. The van der Waals surface area contributed by atoms with E-state index in [9.17, 15) is 9.18 Å². The summed E-state index contributed by atoms with van der Waals surface area (Å²) in [4.78, 5) is 12.4. The SMILES string of the molecule is O=C(C[n+]1ccn(-c2ccc(-c3cc4ccccc4o3)cc2)c1)c1ccc(F)cc1.[Br-]. The largest absolute Gasteiger partial charge is 1.00 e. The first-order chi connectivity index (χ1) is 14.7. The van der Waals surface area contributed by atoms with E-state index in [1.165, 1.54) is 24.3 Å². The van der Waals surface area contributed by atoms with Crippen LogP contribution >= 0.6 is 0 Å². The topological polar surface area (TPSA) is 39.0 Å². The molecule has 0 saturated carbocycles. The number of rotatable bonds is 5. The predicted octanol–water partition coefficient (Wildman–Crippen LogP) is 2.20. The quantitative estimate of drug-likeness (QED) is 0.288. The zero-order valence-electron chi connectivity index (χ0n) is 16.4. The van der Waals surface area contributed by atoms with Crippen LogP contribution in [0.25, 0.3) is 28.0 Å². The van der Waals surface area contributed by atoms with E-state index in [1.54, 1.807) is 4.57 Å². The van der Waals surface area contributed by atoms with E-state index in [-0.39, 0.29) is 35.1 Å². The van der Waals surface area contributed by atoms with Crippen LogP contribution < -0.4 is 21.5 Å². The number of nitrogens with zero attached hydrogens (tertiary/aromatic N) is 2. The summed E-state index contributed by atoms with van der Waals surface area (Å²) in [7, 11) is 0. The minimum absolute atomic E-state index is 0. The van der Waals surface area contributed by atoms with Gasteiger partial charge in [0, 0.05) is 16.5 Å². The van der Waals surface area contributed by atoms with E-state index in [0.717, 1.165) is 28.0 Å². The van der Waals surface area contributed by atoms with E-state index in [4.69, 9.17) is 4.42 Å². The normalized spacial score (nSPS) is 10.7. The molecule has 2 aromatic heterocycles. The van der Waals surface area contributed by atoms with Crippen molar-refractivity contribution in [3.63, 3.8) is 0 Å². The molecule has 0 fully saturated rings. The average Bonchev–Trinajstić information content (AvgIpc) is 3.41. The Hall–Kier alpha value is -3.51. The van der Waals surface area contributed by atoms with Crippen LogP contribution in [0, 0.1) is 5.82 Å². The van der Waals surface area contributed by atoms with Gasteiger partial charge in [-0.1, -0.05) is 18.2 Å². The Bertz CT molecular complexity index is 1310. The van der Waals surface area contributed by atoms with Crippen LogP contribution in [0.15, 0.2) is 102 Å². The summed E-state index contributed by atoms with van der Waals surface area (Å²) in [6.07, 6.45) is 5.60. The van der Waals surface area contributed by atoms with Crippen LogP contribution in [-0.2, 0) is 6.54 Å². The average molecular weight is 477 g/mol. The fourth-order valence-corrected chi connectivity index (χ4v) is 3.46. The lowest BCUT2D eigenvalue weighted by Crippen LogP contribution is -3.00. The predicted molar refractivity (Wildman–Crippen MR) is 112 cm³/mol. The summed E-state index contributed by atoms with van der Waals surface area (Å²) in [6.45, 7) is 0.190. The molecular weight excluding hydrogens is 459 g/mol. The number of hydrogen-bond acceptors (Lipinski definition) is 2. The van der Waals surface area contributed by atoms with E-state index in [2.05, 4.69) is 0 Å². The zero-order valence-corrected chi connectivity index (χ0v) is 18.0. The lowest BCUT2D eigenvalue weighted by Gasteiger charge is -2.00. The maximum atomic E-state index is 13.0. The van der Waals surface area contributed by atoms with E-state index < -0.39 is 0 Å². The van der Waals surface area contributed by atoms with Gasteiger partial charge in [-0.25, -0.2) is 13.5 Å². The Kier molecular flexibility index (Phi) is 5.82. The van der Waals surface area contributed by atoms with Gasteiger partial charge in [-0.15, -0.1) is 0 Å². The Balaban J connectivity index is 0.00000231. The zero-order chi connectivity index (χ0) is 20.5. The van der Waals surface area contributed by atoms with Gasteiger partial charge in [-0.05, 0) is 60.7 Å². The Morgan fingerprint density at radius 1 is 0.968 bits per heavy atom. The van der Waals surface area contributed by atoms with Gasteiger partial charge in [0.15, 0.2) is 6.54 Å². The molecule has 2 heterocycles. The van der Waals surface area contributed by atoms with Gasteiger partial charge in [0.1, 0.15) is 35.2 Å². The van der Waals surface area contributed by atoms with Crippen molar-refractivity contribution in [2.24, 2.45) is 0 Å². The standard InChI is InChI=1S/C25H18FN2O2.BrH/c26-21-9-5-18(6-10-21)23(29)16-27-13-14-28(17-27)22-11-7-19(8-12-22)25-15-20-3-1-2-4-24(20)30-25;/h1-15,17H,16H2;1H/q+1;/p-1. The van der Waals surface area contributed by atoms with Crippen molar-refractivity contribution >= 4 is 16.8 Å². The first-order valence-electron chi connectivity index (χ1n) is 9.61. The monoisotopic (exact) mass is 476 g/mol. The van der Waals surface area contributed by atoms with Gasteiger partial charge >= 0.3 is 0 Å². The molecule has 0 aliphatic heterocycles. The van der Waals surface area contributed by atoms with Crippen molar-refractivity contribution in [1.29, 1.82) is 0 Å². The maximum absolute atomic E-state index is 13.0. The number of aromatic nitrogens is 2. The number of hydrogen-bond donors (Lipinski definition) is 0. The lowest BCUT2D eigenvalue weighted by molar-refractivity contribution is -0.682. The molecular formula is C25H18BrFN2O2. The molecule has 31 heavy (non-hydrogen) atoms. The molecule has 0 unspecified atom stereocenters. The molecule has 0 spiro atoms. The van der Waals surface area contributed by atoms with Crippen LogP contribution in [0.3, 0.4) is 0 Å². The molecule has 0 atom stereocenters. The summed E-state index contributed by atoms with van der Waals surface area (Å²) in [5.74, 6) is 0.407. The fourth-order valence-electron chi connectivity index (χ4n) is 3.46. The fraction of sp³-hybridized carbons (Fsp3) is 0.0400. The molecule has 5 rings (SSSR count). The molecule has 0 aliphatic rings. The van der Waals surface area contributed by atoms with Gasteiger partial charge in [-0.2, -0.15) is 0 Å². The number of furan rings is 1. The number of imidazole rings is 1. The second-order valence-electron chi connectivity index (χ2n) is 7.12. The Labute approximate surface area is 188 Å². The highest BCUT2D eigenvalue weighted by Crippen LogP contribution is 2.28. The summed E-state index contributed by atoms with van der Waals surface area (Å²) < 4.78 is 22.7. The molecule has 0 saturated heterocycles. The number of ketones is 1. The van der Waals surface area contributed by atoms with Crippen molar-refractivity contribution in [2.75, 3.05) is 0 Å². The number of Topliss-reactive ketones (excluding diaryl/α,β-unsaturated/α-hetero) is 1. The number of carbonyl (C=O) groups excluding carboxylic acids is 1. The van der Waals surface area contributed by atoms with Crippen LogP contribution in [0.4, 0.5) is 4.39 Å².